The molecule has 0 aliphatic heterocycles. The Labute approximate surface area is 85.7 Å². The van der Waals surface area contributed by atoms with Gasteiger partial charge in [0.1, 0.15) is 5.54 Å². The summed E-state index contributed by atoms with van der Waals surface area (Å²) in [5, 5.41) is 36.8. The maximum absolute atomic E-state index is 11.0. The molecule has 0 aliphatic carbocycles. The number of aliphatic carboxylic acids is 1. The first-order valence-corrected chi connectivity index (χ1v) is 4.05. The van der Waals surface area contributed by atoms with Crippen molar-refractivity contribution in [2.75, 3.05) is 19.8 Å². The molecule has 0 aromatic rings. The number of carbonyl (C=O) groups excluding carboxylic acids is 1. The van der Waals surface area contributed by atoms with Gasteiger partial charge in [-0.05, 0) is 0 Å². The first kappa shape index (κ1) is 13.6. The van der Waals surface area contributed by atoms with Gasteiger partial charge in [-0.25, -0.2) is 4.79 Å². The second-order valence-electron chi connectivity index (χ2n) is 2.92. The third kappa shape index (κ3) is 4.54. The summed E-state index contributed by atoms with van der Waals surface area (Å²) in [6.45, 7) is -1.98. The lowest BCUT2D eigenvalue weighted by Crippen LogP contribution is -2.56. The first-order valence-electron chi connectivity index (χ1n) is 4.05. The van der Waals surface area contributed by atoms with Gasteiger partial charge >= 0.3 is 5.97 Å². The summed E-state index contributed by atoms with van der Waals surface area (Å²) in [4.78, 5) is 21.1. The topological polar surface area (TPSA) is 127 Å². The summed E-state index contributed by atoms with van der Waals surface area (Å²) in [6, 6.07) is 0. The van der Waals surface area contributed by atoms with Crippen LogP contribution in [0.4, 0.5) is 0 Å². The van der Waals surface area contributed by atoms with Crippen molar-refractivity contribution in [1.82, 2.24) is 5.32 Å². The van der Waals surface area contributed by atoms with Crippen LogP contribution < -0.4 is 5.32 Å². The Morgan fingerprint density at radius 2 is 1.53 bits per heavy atom. The number of aliphatic hydroxyl groups excluding tert-OH is 3. The van der Waals surface area contributed by atoms with E-state index in [1.807, 2.05) is 0 Å². The number of carbonyl (C=O) groups is 2. The van der Waals surface area contributed by atoms with Gasteiger partial charge in [0.2, 0.25) is 5.91 Å². The van der Waals surface area contributed by atoms with Crippen LogP contribution in [-0.2, 0) is 9.59 Å². The molecule has 5 N–H and O–H groups in total. The summed E-state index contributed by atoms with van der Waals surface area (Å²) in [7, 11) is 0. The average Bonchev–Trinajstić information content (AvgIpc) is 2.23. The van der Waals surface area contributed by atoms with E-state index < -0.39 is 37.2 Å². The quantitative estimate of drug-likeness (QED) is 0.313. The molecular formula is C8H13NO6. The van der Waals surface area contributed by atoms with Crippen LogP contribution >= 0.6 is 0 Å². The van der Waals surface area contributed by atoms with Gasteiger partial charge in [0.05, 0.1) is 19.8 Å². The number of amides is 1. The summed E-state index contributed by atoms with van der Waals surface area (Å²) in [5.74, 6) is -2.12. The molecule has 86 valence electrons. The van der Waals surface area contributed by atoms with Crippen LogP contribution in [0.2, 0.25) is 0 Å². The molecule has 7 heteroatoms. The zero-order valence-corrected chi connectivity index (χ0v) is 7.88. The molecule has 0 aromatic carbocycles. The van der Waals surface area contributed by atoms with Crippen LogP contribution in [-0.4, -0.2) is 57.7 Å². The molecule has 0 aliphatic rings. The third-order valence-electron chi connectivity index (χ3n) is 1.67. The van der Waals surface area contributed by atoms with E-state index in [4.69, 9.17) is 20.4 Å². The number of aliphatic hydroxyl groups is 3. The maximum Gasteiger partial charge on any atom is 0.328 e. The lowest BCUT2D eigenvalue weighted by molar-refractivity contribution is -0.131. The minimum absolute atomic E-state index is 0.603. The van der Waals surface area contributed by atoms with Gasteiger partial charge in [-0.2, -0.15) is 0 Å². The number of rotatable bonds is 6. The number of carboxylic acids is 1. The lowest BCUT2D eigenvalue weighted by Gasteiger charge is -2.27. The van der Waals surface area contributed by atoms with E-state index in [9.17, 15) is 9.59 Å². The number of nitrogens with one attached hydrogen (secondary N) is 1. The summed E-state index contributed by atoms with van der Waals surface area (Å²) < 4.78 is 0. The minimum atomic E-state index is -1.54. The SMILES string of the molecule is O=C(O)/C=C/C(=O)NC(CO)(CO)CO. The molecule has 0 radical (unpaired) electrons. The Morgan fingerprint density at radius 3 is 1.87 bits per heavy atom. The monoisotopic (exact) mass is 219 g/mol. The van der Waals surface area contributed by atoms with Crippen LogP contribution in [0.3, 0.4) is 0 Å². The molecule has 0 heterocycles. The Hall–Kier alpha value is -1.44. The van der Waals surface area contributed by atoms with Crippen molar-refractivity contribution in [3.05, 3.63) is 12.2 Å². The van der Waals surface area contributed by atoms with Crippen LogP contribution in [0, 0.1) is 0 Å². The summed E-state index contributed by atoms with van der Waals surface area (Å²) in [6.07, 6.45) is 1.32. The highest BCUT2D eigenvalue weighted by molar-refractivity contribution is 5.94. The van der Waals surface area contributed by atoms with Crippen LogP contribution in [0.15, 0.2) is 12.2 Å². The highest BCUT2D eigenvalue weighted by atomic mass is 16.4. The van der Waals surface area contributed by atoms with E-state index in [2.05, 4.69) is 5.32 Å². The molecule has 0 unspecified atom stereocenters. The molecule has 15 heavy (non-hydrogen) atoms. The first-order chi connectivity index (χ1) is 6.99. The van der Waals surface area contributed by atoms with Crippen molar-refractivity contribution < 1.29 is 30.0 Å². The Morgan fingerprint density at radius 1 is 1.07 bits per heavy atom. The predicted molar refractivity (Wildman–Crippen MR) is 48.9 cm³/mol. The molecule has 0 aromatic heterocycles. The number of hydrogen-bond donors (Lipinski definition) is 5. The van der Waals surface area contributed by atoms with Gasteiger partial charge in [-0.1, -0.05) is 0 Å². The van der Waals surface area contributed by atoms with E-state index in [0.29, 0.717) is 6.08 Å². The van der Waals surface area contributed by atoms with Crippen molar-refractivity contribution in [1.29, 1.82) is 0 Å². The van der Waals surface area contributed by atoms with Crippen molar-refractivity contribution >= 4 is 11.9 Å². The molecule has 1 amide bonds. The minimum Gasteiger partial charge on any atom is -0.478 e. The molecule has 0 saturated heterocycles. The highest BCUT2D eigenvalue weighted by Crippen LogP contribution is 2.01. The van der Waals surface area contributed by atoms with Crippen molar-refractivity contribution in [3.63, 3.8) is 0 Å². The smallest absolute Gasteiger partial charge is 0.328 e. The molecule has 0 saturated carbocycles. The zero-order chi connectivity index (χ0) is 11.9. The standard InChI is InChI=1S/C8H13NO6/c10-3-8(4-11,5-12)9-6(13)1-2-7(14)15/h1-2,10-12H,3-5H2,(H,9,13)(H,14,15)/b2-1+. The average molecular weight is 219 g/mol. The van der Waals surface area contributed by atoms with E-state index in [-0.39, 0.29) is 0 Å². The van der Waals surface area contributed by atoms with Gasteiger partial charge in [-0.15, -0.1) is 0 Å². The molecule has 0 bridgehead atoms. The predicted octanol–water partition coefficient (Wildman–Crippen LogP) is -2.54. The maximum atomic E-state index is 11.0. The molecule has 0 fully saturated rings. The van der Waals surface area contributed by atoms with Gasteiger partial charge < -0.3 is 25.7 Å². The number of carboxylic acid groups (broad SMARTS) is 1. The molecular weight excluding hydrogens is 206 g/mol. The Kier molecular flexibility index (Phi) is 5.53. The highest BCUT2D eigenvalue weighted by Gasteiger charge is 2.29. The third-order valence-corrected chi connectivity index (χ3v) is 1.67. The second kappa shape index (κ2) is 6.12. The summed E-state index contributed by atoms with van der Waals surface area (Å²) in [5.41, 5.74) is -1.54. The van der Waals surface area contributed by atoms with Crippen LogP contribution in [0.1, 0.15) is 0 Å². The van der Waals surface area contributed by atoms with Crippen molar-refractivity contribution in [2.45, 2.75) is 5.54 Å². The Balaban J connectivity index is 4.42. The van der Waals surface area contributed by atoms with Crippen molar-refractivity contribution in [3.8, 4) is 0 Å². The molecule has 0 atom stereocenters. The fourth-order valence-electron chi connectivity index (χ4n) is 0.719. The van der Waals surface area contributed by atoms with Crippen LogP contribution in [0.25, 0.3) is 0 Å². The number of hydrogen-bond acceptors (Lipinski definition) is 5. The lowest BCUT2D eigenvalue weighted by atomic mass is 10.0. The van der Waals surface area contributed by atoms with E-state index >= 15 is 0 Å². The van der Waals surface area contributed by atoms with Gasteiger partial charge in [-0.3, -0.25) is 4.79 Å². The van der Waals surface area contributed by atoms with Crippen molar-refractivity contribution in [2.24, 2.45) is 0 Å². The van der Waals surface area contributed by atoms with Crippen LogP contribution in [0.5, 0.6) is 0 Å². The molecule has 0 spiro atoms. The summed E-state index contributed by atoms with van der Waals surface area (Å²) >= 11 is 0. The van der Waals surface area contributed by atoms with Gasteiger partial charge in [0, 0.05) is 12.2 Å². The zero-order valence-electron chi connectivity index (χ0n) is 7.88. The largest absolute Gasteiger partial charge is 0.478 e. The molecule has 7 nitrogen and oxygen atoms in total. The normalized spacial score (nSPS) is 11.7. The Bertz CT molecular complexity index is 250. The van der Waals surface area contributed by atoms with E-state index in [0.717, 1.165) is 6.08 Å². The fraction of sp³-hybridized carbons (Fsp3) is 0.500. The fourth-order valence-corrected chi connectivity index (χ4v) is 0.719. The van der Waals surface area contributed by atoms with E-state index in [1.165, 1.54) is 0 Å². The van der Waals surface area contributed by atoms with E-state index in [1.54, 1.807) is 0 Å². The van der Waals surface area contributed by atoms with Gasteiger partial charge in [0.15, 0.2) is 0 Å². The van der Waals surface area contributed by atoms with Gasteiger partial charge in [0.25, 0.3) is 0 Å². The molecule has 0 rings (SSSR count). The second-order valence-corrected chi connectivity index (χ2v) is 2.92.